The summed E-state index contributed by atoms with van der Waals surface area (Å²) < 4.78 is 0. The molecule has 2 heteroatoms. The van der Waals surface area contributed by atoms with Gasteiger partial charge in [0.2, 0.25) is 6.71 Å². The fourth-order valence-corrected chi connectivity index (χ4v) is 9.35. The number of benzene rings is 6. The lowest BCUT2D eigenvalue weighted by atomic mass is 9.32. The van der Waals surface area contributed by atoms with Crippen molar-refractivity contribution < 1.29 is 0 Å². The molecule has 7 rings (SSSR count). The summed E-state index contributed by atoms with van der Waals surface area (Å²) in [4.78, 5) is 2.39. The van der Waals surface area contributed by atoms with E-state index in [4.69, 9.17) is 0 Å². The number of rotatable bonds is 6. The molecule has 0 saturated carbocycles. The number of hydrogen-bond donors (Lipinski definition) is 0. The normalized spacial score (nSPS) is 14.1. The van der Waals surface area contributed by atoms with Crippen molar-refractivity contribution in [1.82, 2.24) is 0 Å². The summed E-state index contributed by atoms with van der Waals surface area (Å²) in [5, 5.41) is 0. The molecule has 1 nitrogen and oxygen atoms in total. The quantitative estimate of drug-likeness (QED) is 0.162. The van der Waals surface area contributed by atoms with Gasteiger partial charge in [-0.1, -0.05) is 162 Å². The van der Waals surface area contributed by atoms with Crippen molar-refractivity contribution in [2.45, 2.75) is 80.1 Å². The van der Waals surface area contributed by atoms with Gasteiger partial charge in [0.25, 0.3) is 0 Å². The van der Waals surface area contributed by atoms with E-state index in [0.29, 0.717) is 0 Å². The summed E-state index contributed by atoms with van der Waals surface area (Å²) in [6, 6.07) is 44.8. The minimum atomic E-state index is -0.198. The summed E-state index contributed by atoms with van der Waals surface area (Å²) >= 11 is 0. The highest BCUT2D eigenvalue weighted by Gasteiger charge is 2.45. The first-order valence-corrected chi connectivity index (χ1v) is 18.2. The average Bonchev–Trinajstić information content (AvgIpc) is 3.08. The minimum Gasteiger partial charge on any atom is -0.310 e. The molecule has 0 aliphatic heterocycles. The van der Waals surface area contributed by atoms with Crippen molar-refractivity contribution in [3.05, 3.63) is 177 Å². The Labute approximate surface area is 301 Å². The maximum Gasteiger partial charge on any atom is 0.243 e. The van der Waals surface area contributed by atoms with E-state index in [9.17, 15) is 0 Å². The highest BCUT2D eigenvalue weighted by molar-refractivity contribution is 6.97. The highest BCUT2D eigenvalue weighted by Crippen LogP contribution is 2.52. The molecule has 50 heavy (non-hydrogen) atoms. The topological polar surface area (TPSA) is 3.24 Å². The Morgan fingerprint density at radius 3 is 1.36 bits per heavy atom. The molecule has 0 N–H and O–H groups in total. The maximum absolute atomic E-state index is 2.55. The summed E-state index contributed by atoms with van der Waals surface area (Å²) in [5.41, 5.74) is 21.4. The molecule has 6 aromatic rings. The van der Waals surface area contributed by atoms with Crippen LogP contribution in [0.3, 0.4) is 0 Å². The van der Waals surface area contributed by atoms with Crippen molar-refractivity contribution in [1.29, 1.82) is 0 Å². The summed E-state index contributed by atoms with van der Waals surface area (Å²) in [5.74, 6) is 0. The van der Waals surface area contributed by atoms with Crippen LogP contribution in [-0.2, 0) is 10.8 Å². The fraction of sp³-hybridized carbons (Fsp3) is 0.250. The molecule has 0 aromatic heterocycles. The van der Waals surface area contributed by atoms with E-state index >= 15 is 0 Å². The summed E-state index contributed by atoms with van der Waals surface area (Å²) in [6.07, 6.45) is 0. The van der Waals surface area contributed by atoms with Gasteiger partial charge in [0.15, 0.2) is 0 Å². The third-order valence-electron chi connectivity index (χ3n) is 11.7. The van der Waals surface area contributed by atoms with E-state index in [0.717, 1.165) is 11.4 Å². The molecule has 0 heterocycles. The van der Waals surface area contributed by atoms with Crippen LogP contribution >= 0.6 is 0 Å². The Morgan fingerprint density at radius 1 is 0.400 bits per heavy atom. The van der Waals surface area contributed by atoms with Gasteiger partial charge in [0.05, 0.1) is 0 Å². The Hall–Kier alpha value is -4.82. The van der Waals surface area contributed by atoms with Crippen LogP contribution in [0.2, 0.25) is 0 Å². The van der Waals surface area contributed by atoms with E-state index < -0.39 is 0 Å². The van der Waals surface area contributed by atoms with Gasteiger partial charge in [-0.2, -0.15) is 0 Å². The van der Waals surface area contributed by atoms with E-state index in [2.05, 4.69) is 195 Å². The van der Waals surface area contributed by atoms with Gasteiger partial charge in [0.1, 0.15) is 0 Å². The summed E-state index contributed by atoms with van der Waals surface area (Å²) in [7, 11) is 0. The standard InChI is InChI=1S/C48H50BN/c1-31-19-17-20-32(2)44(31)49(45-33(3)21-18-22-34(45)4)46-35(5)29-42-43(36(46)6)48(9,10)40-28-27-39(30-41(40)47(42,7)8)50(37-23-13-11-14-24-37)38-25-15-12-16-26-38/h11-30H,1-10H3. The molecule has 0 fully saturated rings. The van der Waals surface area contributed by atoms with Crippen molar-refractivity contribution in [3.8, 4) is 0 Å². The molecule has 0 amide bonds. The van der Waals surface area contributed by atoms with Crippen molar-refractivity contribution in [2.24, 2.45) is 0 Å². The Kier molecular flexibility index (Phi) is 8.42. The molecular weight excluding hydrogens is 601 g/mol. The molecule has 6 aromatic carbocycles. The first-order chi connectivity index (χ1) is 23.8. The van der Waals surface area contributed by atoms with E-state index in [1.807, 2.05) is 0 Å². The molecule has 0 atom stereocenters. The second-order valence-corrected chi connectivity index (χ2v) is 15.7. The van der Waals surface area contributed by atoms with Crippen LogP contribution in [-0.4, -0.2) is 6.71 Å². The van der Waals surface area contributed by atoms with Gasteiger partial charge in [0, 0.05) is 27.9 Å². The van der Waals surface area contributed by atoms with Crippen molar-refractivity contribution in [2.75, 3.05) is 4.90 Å². The zero-order valence-electron chi connectivity index (χ0n) is 31.6. The number of aryl methyl sites for hydroxylation is 5. The number of nitrogens with zero attached hydrogens (tertiary/aromatic N) is 1. The molecule has 0 bridgehead atoms. The number of para-hydroxylation sites is 2. The Bertz CT molecular complexity index is 2090. The zero-order valence-corrected chi connectivity index (χ0v) is 31.6. The van der Waals surface area contributed by atoms with Gasteiger partial charge in [-0.25, -0.2) is 0 Å². The summed E-state index contributed by atoms with van der Waals surface area (Å²) in [6.45, 7) is 23.9. The van der Waals surface area contributed by atoms with E-state index in [-0.39, 0.29) is 17.5 Å². The molecule has 0 saturated heterocycles. The number of fused-ring (bicyclic) bond motifs is 2. The largest absolute Gasteiger partial charge is 0.310 e. The van der Waals surface area contributed by atoms with Crippen LogP contribution in [0.1, 0.15) is 83.3 Å². The first-order valence-electron chi connectivity index (χ1n) is 18.2. The predicted octanol–water partition coefficient (Wildman–Crippen LogP) is 10.5. The third-order valence-corrected chi connectivity index (χ3v) is 11.7. The molecule has 0 unspecified atom stereocenters. The van der Waals surface area contributed by atoms with Gasteiger partial charge in [-0.3, -0.25) is 0 Å². The van der Waals surface area contributed by atoms with Crippen LogP contribution in [0, 0.1) is 41.5 Å². The smallest absolute Gasteiger partial charge is 0.243 e. The van der Waals surface area contributed by atoms with Crippen LogP contribution < -0.4 is 21.3 Å². The molecule has 1 aliphatic rings. The Balaban J connectivity index is 1.47. The van der Waals surface area contributed by atoms with Crippen molar-refractivity contribution in [3.63, 3.8) is 0 Å². The van der Waals surface area contributed by atoms with E-state index in [1.54, 1.807) is 0 Å². The van der Waals surface area contributed by atoms with Crippen LogP contribution in [0.5, 0.6) is 0 Å². The van der Waals surface area contributed by atoms with Crippen molar-refractivity contribution >= 4 is 40.2 Å². The first kappa shape index (κ1) is 33.7. The highest BCUT2D eigenvalue weighted by atomic mass is 15.1. The number of anilines is 3. The number of hydrogen-bond acceptors (Lipinski definition) is 1. The lowest BCUT2D eigenvalue weighted by molar-refractivity contribution is 0.518. The van der Waals surface area contributed by atoms with Crippen LogP contribution in [0.15, 0.2) is 121 Å². The van der Waals surface area contributed by atoms with E-state index in [1.165, 1.54) is 77.7 Å². The van der Waals surface area contributed by atoms with Crippen LogP contribution in [0.4, 0.5) is 17.1 Å². The molecule has 0 spiro atoms. The fourth-order valence-electron chi connectivity index (χ4n) is 9.35. The van der Waals surface area contributed by atoms with Crippen LogP contribution in [0.25, 0.3) is 0 Å². The molecular formula is C48H50BN. The van der Waals surface area contributed by atoms with Gasteiger partial charge in [-0.15, -0.1) is 0 Å². The van der Waals surface area contributed by atoms with Gasteiger partial charge in [-0.05, 0) is 100 Å². The predicted molar refractivity (Wildman–Crippen MR) is 218 cm³/mol. The lowest BCUT2D eigenvalue weighted by Gasteiger charge is -2.46. The second kappa shape index (κ2) is 12.5. The Morgan fingerprint density at radius 2 is 0.880 bits per heavy atom. The van der Waals surface area contributed by atoms with Gasteiger partial charge >= 0.3 is 0 Å². The third kappa shape index (κ3) is 5.32. The maximum atomic E-state index is 2.55. The molecule has 0 radical (unpaired) electrons. The zero-order chi connectivity index (χ0) is 35.5. The van der Waals surface area contributed by atoms with Gasteiger partial charge < -0.3 is 4.90 Å². The SMILES string of the molecule is Cc1cccc(C)c1B(c1c(C)cccc1C)c1c(C)cc2c(c1C)C(C)(C)c1ccc(N(c3ccccc3)c3ccccc3)cc1C2(C)C. The molecule has 250 valence electrons. The second-order valence-electron chi connectivity index (χ2n) is 15.7. The lowest BCUT2D eigenvalue weighted by Crippen LogP contribution is -2.58. The monoisotopic (exact) mass is 651 g/mol. The average molecular weight is 652 g/mol. The molecule has 1 aliphatic carbocycles. The minimum absolute atomic E-state index is 0.149.